The van der Waals surface area contributed by atoms with E-state index in [0.717, 1.165) is 10.4 Å². The number of nitrogens with one attached hydrogen (secondary N) is 2. The zero-order valence-electron chi connectivity index (χ0n) is 14.4. The lowest BCUT2D eigenvalue weighted by Gasteiger charge is -2.11. The van der Waals surface area contributed by atoms with Crippen LogP contribution in [0, 0.1) is 6.92 Å². The summed E-state index contributed by atoms with van der Waals surface area (Å²) in [7, 11) is 1.33. The molecule has 0 aliphatic rings. The molecule has 0 amide bonds. The number of hydrogen-bond acceptors (Lipinski definition) is 5. The van der Waals surface area contributed by atoms with E-state index in [2.05, 4.69) is 15.4 Å². The van der Waals surface area contributed by atoms with E-state index in [0.29, 0.717) is 22.7 Å². The third kappa shape index (κ3) is 4.89. The van der Waals surface area contributed by atoms with Gasteiger partial charge in [-0.3, -0.25) is 0 Å². The Morgan fingerprint density at radius 2 is 1.92 bits per heavy atom. The van der Waals surface area contributed by atoms with Crippen molar-refractivity contribution in [2.24, 2.45) is 0 Å². The normalized spacial score (nSPS) is 10.5. The molecule has 0 unspecified atom stereocenters. The predicted octanol–water partition coefficient (Wildman–Crippen LogP) is 4.82. The predicted molar refractivity (Wildman–Crippen MR) is 103 cm³/mol. The van der Waals surface area contributed by atoms with Crippen molar-refractivity contribution in [1.82, 2.24) is 0 Å². The lowest BCUT2D eigenvalue weighted by molar-refractivity contribution is -0.0498. The number of carbonyl (C=O) groups is 1. The van der Waals surface area contributed by atoms with Crippen LogP contribution in [0.25, 0.3) is 0 Å². The molecular formula is C17H18F2N2O3S2. The summed E-state index contributed by atoms with van der Waals surface area (Å²) < 4.78 is 33.5. The van der Waals surface area contributed by atoms with E-state index in [-0.39, 0.29) is 10.9 Å². The van der Waals surface area contributed by atoms with Crippen molar-refractivity contribution < 1.29 is 23.0 Å². The summed E-state index contributed by atoms with van der Waals surface area (Å²) in [4.78, 5) is 13.1. The monoisotopic (exact) mass is 400 g/mol. The second-order valence-corrected chi connectivity index (χ2v) is 6.80. The molecule has 9 heteroatoms. The number of hydrogen-bond donors (Lipinski definition) is 2. The van der Waals surface area contributed by atoms with Gasteiger partial charge >= 0.3 is 12.6 Å². The molecule has 2 rings (SSSR count). The van der Waals surface area contributed by atoms with Crippen LogP contribution >= 0.6 is 23.6 Å². The van der Waals surface area contributed by atoms with Gasteiger partial charge in [0.05, 0.1) is 12.7 Å². The summed E-state index contributed by atoms with van der Waals surface area (Å²) in [5, 5.41) is 6.80. The first kappa shape index (κ1) is 20.1. The Morgan fingerprint density at radius 3 is 2.46 bits per heavy atom. The number of ether oxygens (including phenoxy) is 2. The van der Waals surface area contributed by atoms with Crippen LogP contribution in [-0.4, -0.2) is 24.8 Å². The fourth-order valence-electron chi connectivity index (χ4n) is 2.40. The third-order valence-electron chi connectivity index (χ3n) is 3.52. The number of halogens is 2. The number of methoxy groups -OCH3 is 1. The highest BCUT2D eigenvalue weighted by Gasteiger charge is 2.22. The van der Waals surface area contributed by atoms with Gasteiger partial charge in [0.25, 0.3) is 0 Å². The Labute approximate surface area is 159 Å². The fraction of sp³-hybridized carbons (Fsp3) is 0.294. The van der Waals surface area contributed by atoms with Crippen LogP contribution in [0.15, 0.2) is 24.3 Å². The first-order valence-electron chi connectivity index (χ1n) is 7.69. The van der Waals surface area contributed by atoms with Crippen molar-refractivity contribution in [1.29, 1.82) is 0 Å². The van der Waals surface area contributed by atoms with E-state index in [4.69, 9.17) is 17.0 Å². The van der Waals surface area contributed by atoms with Crippen LogP contribution in [0.1, 0.15) is 27.7 Å². The molecule has 0 aliphatic heterocycles. The summed E-state index contributed by atoms with van der Waals surface area (Å²) >= 11 is 6.69. The average molecular weight is 400 g/mol. The van der Waals surface area contributed by atoms with Gasteiger partial charge in [0, 0.05) is 10.6 Å². The Balaban J connectivity index is 2.11. The first-order chi connectivity index (χ1) is 12.3. The molecule has 0 aliphatic carbocycles. The van der Waals surface area contributed by atoms with Gasteiger partial charge in [-0.2, -0.15) is 8.78 Å². The molecule has 0 bridgehead atoms. The molecule has 0 atom stereocenters. The summed E-state index contributed by atoms with van der Waals surface area (Å²) in [5.74, 6) is -0.371. The van der Waals surface area contributed by atoms with E-state index in [9.17, 15) is 13.6 Å². The molecule has 1 heterocycles. The molecule has 2 N–H and O–H groups in total. The highest BCUT2D eigenvalue weighted by Crippen LogP contribution is 2.34. The summed E-state index contributed by atoms with van der Waals surface area (Å²) in [6.07, 6.45) is 0.695. The van der Waals surface area contributed by atoms with Gasteiger partial charge in [-0.05, 0) is 55.4 Å². The van der Waals surface area contributed by atoms with Gasteiger partial charge in [0.1, 0.15) is 10.8 Å². The number of rotatable bonds is 6. The molecule has 0 spiro atoms. The lowest BCUT2D eigenvalue weighted by Crippen LogP contribution is -2.20. The molecule has 0 saturated heterocycles. The second-order valence-electron chi connectivity index (χ2n) is 5.17. The van der Waals surface area contributed by atoms with E-state index in [1.807, 2.05) is 13.8 Å². The lowest BCUT2D eigenvalue weighted by atomic mass is 10.1. The molecule has 1 aromatic heterocycles. The van der Waals surface area contributed by atoms with Crippen LogP contribution in [-0.2, 0) is 11.2 Å². The van der Waals surface area contributed by atoms with Gasteiger partial charge in [0.15, 0.2) is 5.11 Å². The van der Waals surface area contributed by atoms with Crippen LogP contribution in [0.3, 0.4) is 0 Å². The third-order valence-corrected chi connectivity index (χ3v) is 4.78. The minimum Gasteiger partial charge on any atom is -0.465 e. The number of alkyl halides is 2. The first-order valence-corrected chi connectivity index (χ1v) is 8.91. The van der Waals surface area contributed by atoms with Crippen LogP contribution in [0.5, 0.6) is 5.75 Å². The minimum absolute atomic E-state index is 0.0545. The molecule has 0 saturated carbocycles. The summed E-state index contributed by atoms with van der Waals surface area (Å²) in [6.45, 7) is 1.02. The largest absolute Gasteiger partial charge is 0.465 e. The highest BCUT2D eigenvalue weighted by atomic mass is 32.1. The molecular weight excluding hydrogens is 382 g/mol. The maximum atomic E-state index is 12.2. The Bertz CT molecular complexity index is 792. The number of thiophene rings is 1. The van der Waals surface area contributed by atoms with Crippen molar-refractivity contribution in [3.8, 4) is 5.75 Å². The van der Waals surface area contributed by atoms with E-state index in [1.54, 1.807) is 12.1 Å². The van der Waals surface area contributed by atoms with Crippen LogP contribution < -0.4 is 15.4 Å². The molecule has 0 radical (unpaired) electrons. The van der Waals surface area contributed by atoms with Crippen molar-refractivity contribution in [2.75, 3.05) is 17.7 Å². The Hall–Kier alpha value is -2.26. The summed E-state index contributed by atoms with van der Waals surface area (Å²) in [6, 6.07) is 5.93. The minimum atomic E-state index is -2.87. The van der Waals surface area contributed by atoms with Gasteiger partial charge in [0.2, 0.25) is 0 Å². The van der Waals surface area contributed by atoms with Crippen molar-refractivity contribution in [3.05, 3.63) is 40.3 Å². The number of esters is 1. The standard InChI is InChI=1S/C17H18F2N2O3S2/c1-4-12-9(2)26-14(13(12)15(22)23-3)21-17(25)20-10-5-7-11(8-6-10)24-16(18)19/h5-8,16H,4H2,1-3H3,(H2,20,21,25). The van der Waals surface area contributed by atoms with E-state index in [1.165, 1.54) is 30.6 Å². The Morgan fingerprint density at radius 1 is 1.27 bits per heavy atom. The second kappa shape index (κ2) is 8.91. The molecule has 140 valence electrons. The van der Waals surface area contributed by atoms with Crippen molar-refractivity contribution >= 4 is 45.3 Å². The zero-order chi connectivity index (χ0) is 19.3. The van der Waals surface area contributed by atoms with Crippen LogP contribution in [0.4, 0.5) is 19.5 Å². The van der Waals surface area contributed by atoms with Gasteiger partial charge in [-0.25, -0.2) is 4.79 Å². The average Bonchev–Trinajstić information content (AvgIpc) is 2.90. The van der Waals surface area contributed by atoms with Crippen molar-refractivity contribution in [2.45, 2.75) is 26.9 Å². The SMILES string of the molecule is CCc1c(C)sc(NC(=S)Nc2ccc(OC(F)F)cc2)c1C(=O)OC. The van der Waals surface area contributed by atoms with E-state index < -0.39 is 12.6 Å². The van der Waals surface area contributed by atoms with Gasteiger partial charge in [-0.1, -0.05) is 6.92 Å². The van der Waals surface area contributed by atoms with Crippen LogP contribution in [0.2, 0.25) is 0 Å². The highest BCUT2D eigenvalue weighted by molar-refractivity contribution is 7.80. The number of benzene rings is 1. The molecule has 2 aromatic rings. The number of aryl methyl sites for hydroxylation is 1. The van der Waals surface area contributed by atoms with E-state index >= 15 is 0 Å². The smallest absolute Gasteiger partial charge is 0.387 e. The summed E-state index contributed by atoms with van der Waals surface area (Å²) in [5.41, 5.74) is 1.98. The number of carbonyl (C=O) groups excluding carboxylic acids is 1. The Kier molecular flexibility index (Phi) is 6.87. The molecule has 1 aromatic carbocycles. The quantitative estimate of drug-likeness (QED) is 0.536. The zero-order valence-corrected chi connectivity index (χ0v) is 16.0. The van der Waals surface area contributed by atoms with Gasteiger partial charge < -0.3 is 20.1 Å². The van der Waals surface area contributed by atoms with Crippen molar-refractivity contribution in [3.63, 3.8) is 0 Å². The topological polar surface area (TPSA) is 59.6 Å². The fourth-order valence-corrected chi connectivity index (χ4v) is 3.82. The maximum absolute atomic E-state index is 12.2. The number of anilines is 2. The number of thiocarbonyl (C=S) groups is 1. The molecule has 0 fully saturated rings. The maximum Gasteiger partial charge on any atom is 0.387 e. The molecule has 5 nitrogen and oxygen atoms in total. The van der Waals surface area contributed by atoms with Gasteiger partial charge in [-0.15, -0.1) is 11.3 Å². The molecule has 26 heavy (non-hydrogen) atoms.